The normalized spacial score (nSPS) is 16.5. The summed E-state index contributed by atoms with van der Waals surface area (Å²) in [7, 11) is -3.97. The number of nitrogen functional groups attached to an aromatic ring is 1. The molecule has 1 amide bonds. The third-order valence-corrected chi connectivity index (χ3v) is 8.03. The van der Waals surface area contributed by atoms with E-state index < -0.39 is 28.2 Å². The van der Waals surface area contributed by atoms with Crippen molar-refractivity contribution in [2.45, 2.75) is 35.9 Å². The number of halogens is 3. The monoisotopic (exact) mass is 540 g/mol. The van der Waals surface area contributed by atoms with Crippen LogP contribution in [0.25, 0.3) is 10.2 Å². The number of carbonyl (C=O) groups is 1. The van der Waals surface area contributed by atoms with E-state index in [9.17, 15) is 31.5 Å². The molecular weight excluding hydrogens is 517 g/mol. The zero-order valence-electron chi connectivity index (χ0n) is 18.8. The molecule has 0 bridgehead atoms. The van der Waals surface area contributed by atoms with Crippen molar-refractivity contribution < 1.29 is 31.5 Å². The van der Waals surface area contributed by atoms with E-state index in [4.69, 9.17) is 5.73 Å². The smallest absolute Gasteiger partial charge is 0.386 e. The molecule has 0 unspecified atom stereocenters. The Morgan fingerprint density at radius 2 is 1.86 bits per heavy atom. The second kappa shape index (κ2) is 9.71. The summed E-state index contributed by atoms with van der Waals surface area (Å²) in [4.78, 5) is 18.4. The summed E-state index contributed by atoms with van der Waals surface area (Å²) < 4.78 is 66.0. The van der Waals surface area contributed by atoms with Crippen LogP contribution < -0.4 is 10.5 Å². The number of hydrogen-bond acceptors (Lipinski definition) is 7. The van der Waals surface area contributed by atoms with Crippen molar-refractivity contribution in [3.63, 3.8) is 0 Å². The van der Waals surface area contributed by atoms with Crippen LogP contribution in [0.5, 0.6) is 0 Å². The van der Waals surface area contributed by atoms with Gasteiger partial charge in [0.15, 0.2) is 5.13 Å². The first kappa shape index (κ1) is 25.9. The largest absolute Gasteiger partial charge is 0.392 e. The topological polar surface area (TPSA) is 126 Å². The Labute approximate surface area is 209 Å². The van der Waals surface area contributed by atoms with Gasteiger partial charge in [-0.3, -0.25) is 9.52 Å². The number of likely N-dealkylation sites (tertiary alicyclic amines) is 1. The number of carbonyl (C=O) groups excluding carboxylic acids is 1. The van der Waals surface area contributed by atoms with Crippen LogP contribution in [0.4, 0.5) is 24.0 Å². The highest BCUT2D eigenvalue weighted by molar-refractivity contribution is 7.93. The molecule has 3 aromatic rings. The van der Waals surface area contributed by atoms with E-state index in [-0.39, 0.29) is 53.1 Å². The van der Waals surface area contributed by atoms with Crippen molar-refractivity contribution in [3.05, 3.63) is 60.2 Å². The van der Waals surface area contributed by atoms with Crippen LogP contribution in [0, 0.1) is 0 Å². The lowest BCUT2D eigenvalue weighted by Crippen LogP contribution is -2.45. The first-order valence-corrected chi connectivity index (χ1v) is 13.2. The van der Waals surface area contributed by atoms with Gasteiger partial charge in [0.25, 0.3) is 15.9 Å². The number of benzene rings is 2. The summed E-state index contributed by atoms with van der Waals surface area (Å²) in [6, 6.07) is 10.6. The summed E-state index contributed by atoms with van der Waals surface area (Å²) in [6.07, 6.45) is -3.19. The number of hydrogen-bond donors (Lipinski definition) is 3. The van der Waals surface area contributed by atoms with E-state index in [1.165, 1.54) is 46.6 Å². The molecule has 4 rings (SSSR count). The maximum atomic E-state index is 12.9. The summed E-state index contributed by atoms with van der Waals surface area (Å²) >= 11 is 1.18. The van der Waals surface area contributed by atoms with E-state index in [0.717, 1.165) is 12.2 Å². The fraction of sp³-hybridized carbons (Fsp3) is 0.304. The quantitative estimate of drug-likeness (QED) is 0.403. The highest BCUT2D eigenvalue weighted by Crippen LogP contribution is 2.30. The standard InChI is InChI=1S/C23H23F3N4O4S2/c24-23(25,26)10-2-9-22(32)11-13-30(14-12-22)20(31)15-5-7-16(8-6-15)29-36(33,34)18-4-1-3-17-19(18)28-21(27)35-17/h1-9,29,32H,10-14H2,(H2,27,28)/b9-2+. The van der Waals surface area contributed by atoms with Crippen molar-refractivity contribution in [1.29, 1.82) is 0 Å². The maximum absolute atomic E-state index is 12.9. The van der Waals surface area contributed by atoms with Crippen LogP contribution in [-0.4, -0.2) is 54.2 Å². The van der Waals surface area contributed by atoms with Gasteiger partial charge in [-0.25, -0.2) is 13.4 Å². The van der Waals surface area contributed by atoms with Crippen molar-refractivity contribution >= 4 is 48.3 Å². The Bertz CT molecular complexity index is 1390. The lowest BCUT2D eigenvalue weighted by Gasteiger charge is -2.36. The van der Waals surface area contributed by atoms with Gasteiger partial charge in [-0.2, -0.15) is 13.2 Å². The molecule has 13 heteroatoms. The number of fused-ring (bicyclic) bond motifs is 1. The molecule has 1 aromatic heterocycles. The number of thiazole rings is 1. The minimum absolute atomic E-state index is 0.0156. The van der Waals surface area contributed by atoms with Gasteiger partial charge in [0.05, 0.1) is 16.7 Å². The molecule has 2 heterocycles. The molecule has 2 aromatic carbocycles. The van der Waals surface area contributed by atoms with Crippen LogP contribution in [0.2, 0.25) is 0 Å². The highest BCUT2D eigenvalue weighted by Gasteiger charge is 2.33. The number of nitrogens with two attached hydrogens (primary N) is 1. The molecule has 192 valence electrons. The molecule has 36 heavy (non-hydrogen) atoms. The zero-order valence-corrected chi connectivity index (χ0v) is 20.5. The van der Waals surface area contributed by atoms with Gasteiger partial charge in [-0.1, -0.05) is 29.6 Å². The Morgan fingerprint density at radius 3 is 2.50 bits per heavy atom. The van der Waals surface area contributed by atoms with Crippen LogP contribution in [0.3, 0.4) is 0 Å². The Balaban J connectivity index is 1.40. The molecular formula is C23H23F3N4O4S2. The Morgan fingerprint density at radius 1 is 1.19 bits per heavy atom. The summed E-state index contributed by atoms with van der Waals surface area (Å²) in [5.74, 6) is -0.326. The number of nitrogens with zero attached hydrogens (tertiary/aromatic N) is 2. The fourth-order valence-electron chi connectivity index (χ4n) is 3.91. The van der Waals surface area contributed by atoms with Crippen LogP contribution in [0.1, 0.15) is 29.6 Å². The molecule has 0 saturated carbocycles. The molecule has 1 saturated heterocycles. The second-order valence-electron chi connectivity index (χ2n) is 8.46. The third kappa shape index (κ3) is 5.97. The van der Waals surface area contributed by atoms with Gasteiger partial charge in [0, 0.05) is 24.3 Å². The van der Waals surface area contributed by atoms with Crippen LogP contribution in [0.15, 0.2) is 59.5 Å². The number of piperidine rings is 1. The zero-order chi connectivity index (χ0) is 26.1. The summed E-state index contributed by atoms with van der Waals surface area (Å²) in [5.41, 5.74) is 5.15. The SMILES string of the molecule is Nc1nc2c(S(=O)(=O)Nc3ccc(C(=O)N4CCC(O)(/C=C/CC(F)(F)F)CC4)cc3)cccc2s1. The number of sulfonamides is 1. The van der Waals surface area contributed by atoms with E-state index in [1.807, 2.05) is 0 Å². The first-order valence-electron chi connectivity index (χ1n) is 10.9. The fourth-order valence-corrected chi connectivity index (χ4v) is 5.96. The van der Waals surface area contributed by atoms with Gasteiger partial charge in [0.1, 0.15) is 10.4 Å². The predicted molar refractivity (Wildman–Crippen MR) is 131 cm³/mol. The number of nitrogens with one attached hydrogen (secondary N) is 1. The van der Waals surface area contributed by atoms with Crippen molar-refractivity contribution in [1.82, 2.24) is 9.88 Å². The number of para-hydroxylation sites is 1. The number of amides is 1. The molecule has 1 fully saturated rings. The molecule has 0 atom stereocenters. The van der Waals surface area contributed by atoms with E-state index in [0.29, 0.717) is 10.3 Å². The Kier molecular flexibility index (Phi) is 6.99. The predicted octanol–water partition coefficient (Wildman–Crippen LogP) is 4.16. The van der Waals surface area contributed by atoms with Crippen molar-refractivity contribution in [2.75, 3.05) is 23.5 Å². The van der Waals surface area contributed by atoms with Crippen LogP contribution >= 0.6 is 11.3 Å². The number of allylic oxidation sites excluding steroid dienone is 1. The molecule has 4 N–H and O–H groups in total. The van der Waals surface area contributed by atoms with Crippen molar-refractivity contribution in [3.8, 4) is 0 Å². The number of rotatable bonds is 6. The van der Waals surface area contributed by atoms with E-state index >= 15 is 0 Å². The second-order valence-corrected chi connectivity index (χ2v) is 11.2. The van der Waals surface area contributed by atoms with Gasteiger partial charge in [-0.05, 0) is 49.2 Å². The van der Waals surface area contributed by atoms with Crippen LogP contribution in [-0.2, 0) is 10.0 Å². The molecule has 0 radical (unpaired) electrons. The van der Waals surface area contributed by atoms with Gasteiger partial charge in [0.2, 0.25) is 0 Å². The average Bonchev–Trinajstić information content (AvgIpc) is 3.18. The molecule has 0 aliphatic carbocycles. The van der Waals surface area contributed by atoms with E-state index in [2.05, 4.69) is 9.71 Å². The lowest BCUT2D eigenvalue weighted by molar-refractivity contribution is -0.125. The van der Waals surface area contributed by atoms with E-state index in [1.54, 1.807) is 12.1 Å². The summed E-state index contributed by atoms with van der Waals surface area (Å²) in [6.45, 7) is 0.335. The minimum Gasteiger partial charge on any atom is -0.386 e. The molecule has 8 nitrogen and oxygen atoms in total. The maximum Gasteiger partial charge on any atom is 0.392 e. The number of alkyl halides is 3. The molecule has 0 spiro atoms. The average molecular weight is 541 g/mol. The van der Waals surface area contributed by atoms with Gasteiger partial charge >= 0.3 is 6.18 Å². The number of aliphatic hydroxyl groups is 1. The molecule has 1 aliphatic heterocycles. The number of anilines is 2. The van der Waals surface area contributed by atoms with Crippen molar-refractivity contribution in [2.24, 2.45) is 0 Å². The van der Waals surface area contributed by atoms with Gasteiger partial charge in [-0.15, -0.1) is 0 Å². The lowest BCUT2D eigenvalue weighted by atomic mass is 9.90. The molecule has 1 aliphatic rings. The number of aromatic nitrogens is 1. The van der Waals surface area contributed by atoms with Gasteiger partial charge < -0.3 is 15.7 Å². The minimum atomic E-state index is -4.34. The third-order valence-electron chi connectivity index (χ3n) is 5.77. The first-order chi connectivity index (χ1) is 16.9. The Hall–Kier alpha value is -3.16. The highest BCUT2D eigenvalue weighted by atomic mass is 32.2. The summed E-state index contributed by atoms with van der Waals surface area (Å²) in [5, 5.41) is 10.7.